The lowest BCUT2D eigenvalue weighted by Gasteiger charge is -2.28. The van der Waals surface area contributed by atoms with Gasteiger partial charge in [-0.3, -0.25) is 0 Å². The highest BCUT2D eigenvalue weighted by atomic mass is 32.1. The Morgan fingerprint density at radius 2 is 1.55 bits per heavy atom. The summed E-state index contributed by atoms with van der Waals surface area (Å²) in [4.78, 5) is 0. The van der Waals surface area contributed by atoms with Crippen LogP contribution in [0.1, 0.15) is 59.5 Å². The van der Waals surface area contributed by atoms with Crippen molar-refractivity contribution in [2.75, 3.05) is 0 Å². The molecular weight excluding hydrogens is 641 g/mol. The first-order chi connectivity index (χ1) is 25.0. The van der Waals surface area contributed by atoms with Gasteiger partial charge in [-0.05, 0) is 101 Å². The van der Waals surface area contributed by atoms with Gasteiger partial charge < -0.3 is 4.42 Å². The Balaban J connectivity index is 1.32. The van der Waals surface area contributed by atoms with Crippen molar-refractivity contribution < 1.29 is 13.6 Å². The molecule has 4 aromatic carbocycles. The van der Waals surface area contributed by atoms with E-state index in [4.69, 9.17) is 4.42 Å². The third-order valence-electron chi connectivity index (χ3n) is 11.5. The van der Waals surface area contributed by atoms with Crippen LogP contribution in [-0.4, -0.2) is 0 Å². The molecule has 2 atom stereocenters. The van der Waals surface area contributed by atoms with E-state index in [0.29, 0.717) is 5.92 Å². The highest BCUT2D eigenvalue weighted by Gasteiger charge is 2.42. The Morgan fingerprint density at radius 3 is 2.41 bits per heavy atom. The lowest BCUT2D eigenvalue weighted by Crippen LogP contribution is -2.51. The highest BCUT2D eigenvalue weighted by Crippen LogP contribution is 2.45. The highest BCUT2D eigenvalue weighted by molar-refractivity contribution is 7.17. The third-order valence-corrected chi connectivity index (χ3v) is 12.4. The minimum absolute atomic E-state index is 0.174. The number of allylic oxidation sites excluding steroid dienone is 2. The predicted octanol–water partition coefficient (Wildman–Crippen LogP) is 11.6. The summed E-state index contributed by atoms with van der Waals surface area (Å²) in [6, 6.07) is 36.4. The number of hydrogen-bond acceptors (Lipinski definition) is 2. The molecule has 0 saturated heterocycles. The van der Waals surface area contributed by atoms with Gasteiger partial charge in [0.2, 0.25) is 11.4 Å². The van der Waals surface area contributed by atoms with E-state index in [-0.39, 0.29) is 12.0 Å². The fourth-order valence-corrected chi connectivity index (χ4v) is 9.87. The van der Waals surface area contributed by atoms with Gasteiger partial charge >= 0.3 is 0 Å². The lowest BCUT2D eigenvalue weighted by molar-refractivity contribution is -0.732. The molecule has 4 aromatic heterocycles. The first kappa shape index (κ1) is 30.5. The number of furan rings is 1. The van der Waals surface area contributed by atoms with Crippen molar-refractivity contribution in [1.82, 2.24) is 0 Å². The number of nitrogens with zero attached hydrogens (tertiary/aromatic N) is 2. The normalized spacial score (nSPS) is 17.2. The average Bonchev–Trinajstić information content (AvgIpc) is 3.78. The molecule has 0 bridgehead atoms. The van der Waals surface area contributed by atoms with Gasteiger partial charge in [0.05, 0.1) is 11.1 Å². The van der Waals surface area contributed by atoms with E-state index in [1.807, 2.05) is 0 Å². The minimum Gasteiger partial charge on any atom is -0.454 e. The number of fused-ring (bicyclic) bond motifs is 15. The van der Waals surface area contributed by atoms with Crippen LogP contribution in [0.5, 0.6) is 0 Å². The summed E-state index contributed by atoms with van der Waals surface area (Å²) >= 11 is 1.77. The maximum atomic E-state index is 7.08. The topological polar surface area (TPSA) is 20.9 Å². The SMILES string of the molecule is Cc1cccc(C)c1-c1c[n+]2c(cc1C(C)C)-c1c(ccc3c1oc1c4ccsc4ccc31)C/C=C/C1C(C2)c2ccccc2-c2cccc[n+]21. The van der Waals surface area contributed by atoms with Crippen LogP contribution in [0.15, 0.2) is 131 Å². The van der Waals surface area contributed by atoms with Gasteiger partial charge in [-0.2, -0.15) is 9.13 Å². The number of aryl methyl sites for hydroxylation is 2. The van der Waals surface area contributed by atoms with Crippen molar-refractivity contribution in [2.45, 2.75) is 58.5 Å². The fourth-order valence-electron chi connectivity index (χ4n) is 9.09. The molecule has 0 saturated carbocycles. The molecule has 0 amide bonds. The van der Waals surface area contributed by atoms with Gasteiger partial charge in [-0.15, -0.1) is 11.3 Å². The molecule has 0 spiro atoms. The van der Waals surface area contributed by atoms with Crippen molar-refractivity contribution in [1.29, 1.82) is 0 Å². The zero-order valence-electron chi connectivity index (χ0n) is 29.5. The second kappa shape index (κ2) is 11.6. The Bertz CT molecular complexity index is 2710. The second-order valence-electron chi connectivity index (χ2n) is 14.8. The van der Waals surface area contributed by atoms with E-state index in [1.54, 1.807) is 11.3 Å². The van der Waals surface area contributed by atoms with Gasteiger partial charge in [-0.1, -0.05) is 68.5 Å². The summed E-state index contributed by atoms with van der Waals surface area (Å²) in [6.07, 6.45) is 10.4. The molecule has 10 rings (SSSR count). The molecule has 3 nitrogen and oxygen atoms in total. The average molecular weight is 681 g/mol. The van der Waals surface area contributed by atoms with Crippen LogP contribution in [0.25, 0.3) is 65.7 Å². The molecule has 8 aromatic rings. The summed E-state index contributed by atoms with van der Waals surface area (Å²) in [7, 11) is 0. The first-order valence-electron chi connectivity index (χ1n) is 18.2. The number of pyridine rings is 2. The number of hydrogen-bond donors (Lipinski definition) is 0. The Kier molecular flexibility index (Phi) is 6.94. The van der Waals surface area contributed by atoms with Crippen molar-refractivity contribution >= 4 is 43.4 Å². The Labute approximate surface area is 302 Å². The monoisotopic (exact) mass is 680 g/mol. The molecular formula is C47H40N2OS+2. The van der Waals surface area contributed by atoms with Crippen LogP contribution in [0.3, 0.4) is 0 Å². The Morgan fingerprint density at radius 1 is 0.745 bits per heavy atom. The maximum absolute atomic E-state index is 7.08. The van der Waals surface area contributed by atoms with Crippen molar-refractivity contribution in [2.24, 2.45) is 0 Å². The standard InChI is InChI=1S/C47H40N2OS/c1-28(2)37-25-42-45-31(18-19-35-34-20-21-43-36(22-24-51-43)46(34)50-47(35)45)13-10-17-41-38(26-48(42)27-39(37)44-29(3)11-9-12-30(44)4)32-14-5-6-15-33(32)40-16-7-8-23-49(40)41/h5-12,14-25,27-28,38,41H,13,26H2,1-4H3/q+2/b17-10+. The quantitative estimate of drug-likeness (QED) is 0.131. The molecule has 2 aliphatic heterocycles. The van der Waals surface area contributed by atoms with Crippen LogP contribution in [-0.2, 0) is 13.0 Å². The van der Waals surface area contributed by atoms with Crippen molar-refractivity contribution in [3.8, 4) is 33.6 Å². The number of thiophene rings is 1. The van der Waals surface area contributed by atoms with Crippen LogP contribution in [0, 0.1) is 13.8 Å². The summed E-state index contributed by atoms with van der Waals surface area (Å²) in [5, 5.41) is 5.73. The zero-order valence-corrected chi connectivity index (χ0v) is 30.3. The van der Waals surface area contributed by atoms with Gasteiger partial charge in [0, 0.05) is 44.6 Å². The largest absolute Gasteiger partial charge is 0.454 e. The van der Waals surface area contributed by atoms with Gasteiger partial charge in [0.25, 0.3) is 0 Å². The molecule has 0 N–H and O–H groups in total. The van der Waals surface area contributed by atoms with Crippen LogP contribution in [0.4, 0.5) is 0 Å². The van der Waals surface area contributed by atoms with E-state index < -0.39 is 0 Å². The van der Waals surface area contributed by atoms with E-state index in [1.165, 1.54) is 82.3 Å². The summed E-state index contributed by atoms with van der Waals surface area (Å²) in [6.45, 7) is 10.0. The first-order valence-corrected chi connectivity index (χ1v) is 19.1. The predicted molar refractivity (Wildman–Crippen MR) is 210 cm³/mol. The Hall–Kier alpha value is -5.32. The molecule has 6 heterocycles. The minimum atomic E-state index is 0.174. The molecule has 248 valence electrons. The molecule has 0 radical (unpaired) electrons. The number of rotatable bonds is 2. The summed E-state index contributed by atoms with van der Waals surface area (Å²) in [5.41, 5.74) is 16.4. The van der Waals surface area contributed by atoms with Crippen LogP contribution in [0.2, 0.25) is 0 Å². The van der Waals surface area contributed by atoms with Crippen LogP contribution < -0.4 is 9.13 Å². The molecule has 51 heavy (non-hydrogen) atoms. The van der Waals surface area contributed by atoms with Gasteiger partial charge in [-0.25, -0.2) is 0 Å². The van der Waals surface area contributed by atoms with E-state index in [9.17, 15) is 0 Å². The third kappa shape index (κ3) is 4.62. The smallest absolute Gasteiger partial charge is 0.216 e. The second-order valence-corrected chi connectivity index (χ2v) is 15.7. The lowest BCUT2D eigenvalue weighted by atomic mass is 9.81. The fraction of sp³-hybridized carbons (Fsp3) is 0.191. The van der Waals surface area contributed by atoms with Gasteiger partial charge in [0.1, 0.15) is 17.1 Å². The molecule has 4 heteroatoms. The summed E-state index contributed by atoms with van der Waals surface area (Å²) in [5.74, 6) is 0.549. The molecule has 0 aliphatic carbocycles. The molecule has 0 fully saturated rings. The van der Waals surface area contributed by atoms with E-state index in [0.717, 1.165) is 24.1 Å². The molecule has 2 unspecified atom stereocenters. The van der Waals surface area contributed by atoms with E-state index >= 15 is 0 Å². The summed E-state index contributed by atoms with van der Waals surface area (Å²) < 4.78 is 13.4. The van der Waals surface area contributed by atoms with Crippen molar-refractivity contribution in [3.05, 3.63) is 155 Å². The number of aromatic nitrogens is 2. The van der Waals surface area contributed by atoms with Crippen LogP contribution >= 0.6 is 11.3 Å². The maximum Gasteiger partial charge on any atom is 0.216 e. The zero-order chi connectivity index (χ0) is 34.4. The number of benzene rings is 4. The molecule has 2 aliphatic rings. The van der Waals surface area contributed by atoms with Crippen molar-refractivity contribution in [3.63, 3.8) is 0 Å². The van der Waals surface area contributed by atoms with E-state index in [2.05, 4.69) is 164 Å². The van der Waals surface area contributed by atoms with Gasteiger partial charge in [0.15, 0.2) is 25.0 Å².